The topological polar surface area (TPSA) is 61.8 Å². The molecular formula is C17H23N3O2. The van der Waals surface area contributed by atoms with Crippen molar-refractivity contribution in [2.45, 2.75) is 39.0 Å². The number of aryl methyl sites for hydroxylation is 1. The van der Waals surface area contributed by atoms with Crippen LogP contribution in [0.2, 0.25) is 0 Å². The Labute approximate surface area is 131 Å². The number of nitrogens with one attached hydrogen (secondary N) is 1. The first-order chi connectivity index (χ1) is 10.7. The van der Waals surface area contributed by atoms with Gasteiger partial charge < -0.3 is 4.90 Å². The van der Waals surface area contributed by atoms with Gasteiger partial charge in [-0.05, 0) is 44.6 Å². The number of nitrogens with zero attached hydrogens (tertiary/aromatic N) is 2. The molecule has 0 radical (unpaired) electrons. The lowest BCUT2D eigenvalue weighted by molar-refractivity contribution is -0.146. The van der Waals surface area contributed by atoms with Crippen molar-refractivity contribution in [3.63, 3.8) is 0 Å². The molecule has 0 bridgehead atoms. The summed E-state index contributed by atoms with van der Waals surface area (Å²) in [6, 6.07) is 10.1. The number of carbonyl (C=O) groups is 2. The number of hydrogen-bond acceptors (Lipinski definition) is 3. The highest BCUT2D eigenvalue weighted by molar-refractivity contribution is 6.35. The molecule has 0 spiro atoms. The average Bonchev–Trinajstić information content (AvgIpc) is 2.58. The lowest BCUT2D eigenvalue weighted by atomic mass is 10.1. The zero-order valence-electron chi connectivity index (χ0n) is 13.0. The molecule has 1 aromatic rings. The van der Waals surface area contributed by atoms with Gasteiger partial charge in [-0.15, -0.1) is 0 Å². The van der Waals surface area contributed by atoms with E-state index >= 15 is 0 Å². The number of benzene rings is 1. The summed E-state index contributed by atoms with van der Waals surface area (Å²) in [5, 5.41) is 4.02. The van der Waals surface area contributed by atoms with E-state index < -0.39 is 11.8 Å². The fourth-order valence-electron chi connectivity index (χ4n) is 2.46. The Morgan fingerprint density at radius 2 is 1.82 bits per heavy atom. The van der Waals surface area contributed by atoms with Crippen LogP contribution in [0.25, 0.3) is 0 Å². The van der Waals surface area contributed by atoms with E-state index in [9.17, 15) is 9.59 Å². The first kappa shape index (κ1) is 16.2. The number of amides is 2. The molecule has 1 aliphatic heterocycles. The van der Waals surface area contributed by atoms with Gasteiger partial charge in [0.25, 0.3) is 0 Å². The van der Waals surface area contributed by atoms with Crippen molar-refractivity contribution in [3.8, 4) is 0 Å². The van der Waals surface area contributed by atoms with Crippen molar-refractivity contribution >= 4 is 17.5 Å². The molecule has 1 heterocycles. The molecule has 1 aromatic carbocycles. The molecule has 22 heavy (non-hydrogen) atoms. The Morgan fingerprint density at radius 3 is 2.50 bits per heavy atom. The standard InChI is InChI=1S/C17H23N3O2/c1-14(10-11-15-8-4-2-5-9-15)18-19-16(21)17(22)20-12-6-3-7-13-20/h2,4-5,8-9H,3,6-7,10-13H2,1H3,(H,19,21)/b18-14-. The smallest absolute Gasteiger partial charge is 0.329 e. The third kappa shape index (κ3) is 4.98. The van der Waals surface area contributed by atoms with E-state index in [1.165, 1.54) is 5.56 Å². The van der Waals surface area contributed by atoms with Gasteiger partial charge in [0, 0.05) is 18.8 Å². The van der Waals surface area contributed by atoms with Crippen LogP contribution in [0.5, 0.6) is 0 Å². The highest BCUT2D eigenvalue weighted by Crippen LogP contribution is 2.08. The van der Waals surface area contributed by atoms with Crippen molar-refractivity contribution in [3.05, 3.63) is 35.9 Å². The zero-order valence-corrected chi connectivity index (χ0v) is 13.0. The van der Waals surface area contributed by atoms with Crippen LogP contribution in [0.3, 0.4) is 0 Å². The number of piperidine rings is 1. The minimum absolute atomic E-state index is 0.473. The number of carbonyl (C=O) groups excluding carboxylic acids is 2. The quantitative estimate of drug-likeness (QED) is 0.526. The summed E-state index contributed by atoms with van der Waals surface area (Å²) in [5.74, 6) is -1.11. The van der Waals surface area contributed by atoms with Crippen molar-refractivity contribution in [1.29, 1.82) is 0 Å². The van der Waals surface area contributed by atoms with Gasteiger partial charge in [-0.3, -0.25) is 9.59 Å². The fourth-order valence-corrected chi connectivity index (χ4v) is 2.46. The molecule has 5 heteroatoms. The Kier molecular flexibility index (Phi) is 6.13. The Hall–Kier alpha value is -2.17. The molecule has 5 nitrogen and oxygen atoms in total. The summed E-state index contributed by atoms with van der Waals surface area (Å²) in [6.45, 7) is 3.19. The summed E-state index contributed by atoms with van der Waals surface area (Å²) in [6.07, 6.45) is 4.69. The average molecular weight is 301 g/mol. The molecule has 0 atom stereocenters. The molecule has 1 aliphatic rings. The predicted octanol–water partition coefficient (Wildman–Crippen LogP) is 2.12. The van der Waals surface area contributed by atoms with Gasteiger partial charge in [-0.1, -0.05) is 30.3 Å². The van der Waals surface area contributed by atoms with Gasteiger partial charge in [0.1, 0.15) is 0 Å². The summed E-state index contributed by atoms with van der Waals surface area (Å²) >= 11 is 0. The summed E-state index contributed by atoms with van der Waals surface area (Å²) in [4.78, 5) is 25.4. The van der Waals surface area contributed by atoms with Crippen molar-refractivity contribution in [2.24, 2.45) is 5.10 Å². The van der Waals surface area contributed by atoms with Gasteiger partial charge in [0.2, 0.25) is 0 Å². The molecule has 1 saturated heterocycles. The minimum atomic E-state index is -0.638. The van der Waals surface area contributed by atoms with Crippen LogP contribution in [0.15, 0.2) is 35.4 Å². The second-order valence-corrected chi connectivity index (χ2v) is 5.63. The minimum Gasteiger partial charge on any atom is -0.334 e. The van der Waals surface area contributed by atoms with Crippen LogP contribution in [-0.4, -0.2) is 35.5 Å². The molecule has 2 rings (SSSR count). The van der Waals surface area contributed by atoms with Crippen LogP contribution in [0.1, 0.15) is 38.2 Å². The predicted molar refractivity (Wildman–Crippen MR) is 86.4 cm³/mol. The summed E-state index contributed by atoms with van der Waals surface area (Å²) in [5.41, 5.74) is 4.41. The van der Waals surface area contributed by atoms with Gasteiger partial charge in [-0.2, -0.15) is 5.10 Å². The second kappa shape index (κ2) is 8.32. The van der Waals surface area contributed by atoms with Gasteiger partial charge in [0.15, 0.2) is 0 Å². The van der Waals surface area contributed by atoms with E-state index in [2.05, 4.69) is 22.7 Å². The maximum atomic E-state index is 11.9. The number of rotatable bonds is 4. The Bertz CT molecular complexity index is 534. The van der Waals surface area contributed by atoms with E-state index in [1.54, 1.807) is 4.90 Å². The zero-order chi connectivity index (χ0) is 15.8. The molecule has 1 N–H and O–H groups in total. The first-order valence-corrected chi connectivity index (χ1v) is 7.83. The van der Waals surface area contributed by atoms with E-state index in [4.69, 9.17) is 0 Å². The monoisotopic (exact) mass is 301 g/mol. The first-order valence-electron chi connectivity index (χ1n) is 7.83. The lowest BCUT2D eigenvalue weighted by Crippen LogP contribution is -2.44. The molecular weight excluding hydrogens is 278 g/mol. The van der Waals surface area contributed by atoms with Crippen LogP contribution in [0, 0.1) is 0 Å². The normalized spacial score (nSPS) is 15.5. The van der Waals surface area contributed by atoms with E-state index in [0.717, 1.165) is 37.8 Å². The molecule has 1 fully saturated rings. The second-order valence-electron chi connectivity index (χ2n) is 5.63. The fraction of sp³-hybridized carbons (Fsp3) is 0.471. The molecule has 2 amide bonds. The Morgan fingerprint density at radius 1 is 1.14 bits per heavy atom. The third-order valence-electron chi connectivity index (χ3n) is 3.80. The summed E-state index contributed by atoms with van der Waals surface area (Å²) in [7, 11) is 0. The lowest BCUT2D eigenvalue weighted by Gasteiger charge is -2.25. The van der Waals surface area contributed by atoms with Gasteiger partial charge in [0.05, 0.1) is 0 Å². The number of hydrogen-bond donors (Lipinski definition) is 1. The van der Waals surface area contributed by atoms with Crippen molar-refractivity contribution in [1.82, 2.24) is 10.3 Å². The summed E-state index contributed by atoms with van der Waals surface area (Å²) < 4.78 is 0. The van der Waals surface area contributed by atoms with E-state index in [0.29, 0.717) is 13.1 Å². The SMILES string of the molecule is C/C(CCc1ccccc1)=N/NC(=O)C(=O)N1CCCCC1. The maximum absolute atomic E-state index is 11.9. The Balaban J connectivity index is 1.77. The van der Waals surface area contributed by atoms with Crippen LogP contribution < -0.4 is 5.43 Å². The van der Waals surface area contributed by atoms with Gasteiger partial charge in [-0.25, -0.2) is 5.43 Å². The maximum Gasteiger partial charge on any atom is 0.329 e. The highest BCUT2D eigenvalue weighted by atomic mass is 16.2. The van der Waals surface area contributed by atoms with Crippen LogP contribution >= 0.6 is 0 Å². The van der Waals surface area contributed by atoms with Crippen molar-refractivity contribution < 1.29 is 9.59 Å². The molecule has 0 saturated carbocycles. The molecule has 0 aromatic heterocycles. The number of hydrazone groups is 1. The van der Waals surface area contributed by atoms with Crippen molar-refractivity contribution in [2.75, 3.05) is 13.1 Å². The molecule has 118 valence electrons. The van der Waals surface area contributed by atoms with E-state index in [1.807, 2.05) is 25.1 Å². The third-order valence-corrected chi connectivity index (χ3v) is 3.80. The van der Waals surface area contributed by atoms with Gasteiger partial charge >= 0.3 is 11.8 Å². The number of likely N-dealkylation sites (tertiary alicyclic amines) is 1. The molecule has 0 unspecified atom stereocenters. The highest BCUT2D eigenvalue weighted by Gasteiger charge is 2.22. The van der Waals surface area contributed by atoms with Crippen LogP contribution in [-0.2, 0) is 16.0 Å². The van der Waals surface area contributed by atoms with Crippen LogP contribution in [0.4, 0.5) is 0 Å². The molecule has 0 aliphatic carbocycles. The van der Waals surface area contributed by atoms with E-state index in [-0.39, 0.29) is 0 Å². The largest absolute Gasteiger partial charge is 0.334 e.